The maximum absolute atomic E-state index is 12.1. The summed E-state index contributed by atoms with van der Waals surface area (Å²) in [5.41, 5.74) is -0.855. The van der Waals surface area contributed by atoms with Gasteiger partial charge in [-0.2, -0.15) is 13.2 Å². The summed E-state index contributed by atoms with van der Waals surface area (Å²) in [4.78, 5) is 3.76. The first-order valence-corrected chi connectivity index (χ1v) is 4.79. The Morgan fingerprint density at radius 2 is 2.08 bits per heavy atom. The topological polar surface area (TPSA) is 17.3 Å². The number of rotatable bonds is 0. The second kappa shape index (κ2) is 2.71. The van der Waals surface area contributed by atoms with Crippen LogP contribution in [0.1, 0.15) is 5.69 Å². The van der Waals surface area contributed by atoms with Crippen LogP contribution in [0.5, 0.6) is 0 Å². The lowest BCUT2D eigenvalue weighted by Gasteiger charge is -1.98. The van der Waals surface area contributed by atoms with E-state index in [0.29, 0.717) is 4.96 Å². The Balaban J connectivity index is 2.57. The van der Waals surface area contributed by atoms with Crippen LogP contribution in [0.25, 0.3) is 4.96 Å². The molecule has 0 spiro atoms. The highest BCUT2D eigenvalue weighted by molar-refractivity contribution is 9.11. The summed E-state index contributed by atoms with van der Waals surface area (Å²) in [6.07, 6.45) is -1.85. The number of imidazole rings is 1. The summed E-state index contributed by atoms with van der Waals surface area (Å²) >= 11 is 4.31. The van der Waals surface area contributed by atoms with E-state index in [1.165, 1.54) is 4.40 Å². The van der Waals surface area contributed by atoms with E-state index in [1.54, 1.807) is 6.20 Å². The smallest absolute Gasteiger partial charge is 0.296 e. The molecular formula is C6H2BrF3N2S. The predicted molar refractivity (Wildman–Crippen MR) is 45.8 cm³/mol. The van der Waals surface area contributed by atoms with Crippen LogP contribution in [0.4, 0.5) is 13.2 Å². The molecule has 0 aliphatic carbocycles. The standard InChI is InChI=1S/C6H2BrF3N2S/c7-4-2-12-1-3(6(8,9)10)11-5(12)13-4/h1-2H. The van der Waals surface area contributed by atoms with Gasteiger partial charge in [-0.1, -0.05) is 11.3 Å². The maximum Gasteiger partial charge on any atom is 0.434 e. The Morgan fingerprint density at radius 1 is 1.38 bits per heavy atom. The van der Waals surface area contributed by atoms with Gasteiger partial charge in [-0.3, -0.25) is 4.40 Å². The summed E-state index contributed by atoms with van der Waals surface area (Å²) in [6.45, 7) is 0. The quantitative estimate of drug-likeness (QED) is 0.719. The minimum absolute atomic E-state index is 0.333. The number of fused-ring (bicyclic) bond motifs is 1. The van der Waals surface area contributed by atoms with E-state index in [9.17, 15) is 13.2 Å². The Bertz CT molecular complexity index is 413. The number of aromatic nitrogens is 2. The summed E-state index contributed by atoms with van der Waals surface area (Å²) in [6, 6.07) is 0. The molecule has 0 aliphatic rings. The van der Waals surface area contributed by atoms with Crippen LogP contribution >= 0.6 is 27.3 Å². The first-order valence-electron chi connectivity index (χ1n) is 3.18. The average Bonchev–Trinajstić information content (AvgIpc) is 2.40. The van der Waals surface area contributed by atoms with Crippen LogP contribution in [0.15, 0.2) is 16.2 Å². The van der Waals surface area contributed by atoms with Crippen molar-refractivity contribution in [1.29, 1.82) is 0 Å². The molecule has 0 radical (unpaired) electrons. The predicted octanol–water partition coefficient (Wildman–Crippen LogP) is 3.18. The fraction of sp³-hybridized carbons (Fsp3) is 0.167. The molecule has 2 heterocycles. The van der Waals surface area contributed by atoms with Gasteiger partial charge in [-0.15, -0.1) is 0 Å². The summed E-state index contributed by atoms with van der Waals surface area (Å²) < 4.78 is 38.5. The molecule has 2 aromatic heterocycles. The number of halogens is 4. The normalized spacial score (nSPS) is 12.6. The molecule has 2 nitrogen and oxygen atoms in total. The van der Waals surface area contributed by atoms with Crippen LogP contribution < -0.4 is 0 Å². The van der Waals surface area contributed by atoms with E-state index in [2.05, 4.69) is 20.9 Å². The monoisotopic (exact) mass is 270 g/mol. The molecular weight excluding hydrogens is 269 g/mol. The fourth-order valence-corrected chi connectivity index (χ4v) is 2.25. The third-order valence-electron chi connectivity index (χ3n) is 1.42. The minimum atomic E-state index is -4.36. The van der Waals surface area contributed by atoms with E-state index in [4.69, 9.17) is 0 Å². The van der Waals surface area contributed by atoms with E-state index in [0.717, 1.165) is 21.3 Å². The van der Waals surface area contributed by atoms with Gasteiger partial charge in [0.1, 0.15) is 0 Å². The van der Waals surface area contributed by atoms with Gasteiger partial charge in [0.2, 0.25) is 0 Å². The van der Waals surface area contributed by atoms with Crippen LogP contribution in [0.2, 0.25) is 0 Å². The zero-order valence-electron chi connectivity index (χ0n) is 5.97. The van der Waals surface area contributed by atoms with E-state index >= 15 is 0 Å². The van der Waals surface area contributed by atoms with Gasteiger partial charge in [0, 0.05) is 12.4 Å². The van der Waals surface area contributed by atoms with Crippen molar-refractivity contribution in [1.82, 2.24) is 9.38 Å². The number of alkyl halides is 3. The largest absolute Gasteiger partial charge is 0.434 e. The maximum atomic E-state index is 12.1. The lowest BCUT2D eigenvalue weighted by molar-refractivity contribution is -0.140. The lowest BCUT2D eigenvalue weighted by atomic mass is 10.5. The molecule has 0 aliphatic heterocycles. The van der Waals surface area contributed by atoms with Gasteiger partial charge >= 0.3 is 6.18 Å². The molecule has 0 saturated heterocycles. The second-order valence-corrected chi connectivity index (χ2v) is 4.74. The Morgan fingerprint density at radius 3 is 2.62 bits per heavy atom. The highest BCUT2D eigenvalue weighted by Crippen LogP contribution is 2.31. The number of thiazole rings is 1. The van der Waals surface area contributed by atoms with Gasteiger partial charge in [-0.25, -0.2) is 4.98 Å². The van der Waals surface area contributed by atoms with Gasteiger partial charge in [-0.05, 0) is 15.9 Å². The van der Waals surface area contributed by atoms with Crippen molar-refractivity contribution >= 4 is 32.2 Å². The van der Waals surface area contributed by atoms with Crippen LogP contribution in [-0.2, 0) is 6.18 Å². The molecule has 0 amide bonds. The lowest BCUT2D eigenvalue weighted by Crippen LogP contribution is -2.04. The van der Waals surface area contributed by atoms with Gasteiger partial charge in [0.05, 0.1) is 3.79 Å². The van der Waals surface area contributed by atoms with Crippen molar-refractivity contribution in [2.45, 2.75) is 6.18 Å². The van der Waals surface area contributed by atoms with Gasteiger partial charge < -0.3 is 0 Å². The second-order valence-electron chi connectivity index (χ2n) is 2.35. The zero-order chi connectivity index (χ0) is 9.64. The molecule has 0 fully saturated rings. The summed E-state index contributed by atoms with van der Waals surface area (Å²) in [5, 5.41) is 0. The van der Waals surface area contributed by atoms with Crippen molar-refractivity contribution in [3.63, 3.8) is 0 Å². The number of hydrogen-bond donors (Lipinski definition) is 0. The molecule has 2 rings (SSSR count). The highest BCUT2D eigenvalue weighted by atomic mass is 79.9. The van der Waals surface area contributed by atoms with Crippen molar-refractivity contribution in [3.8, 4) is 0 Å². The molecule has 2 aromatic rings. The van der Waals surface area contributed by atoms with Crippen molar-refractivity contribution in [2.24, 2.45) is 0 Å². The molecule has 0 saturated carbocycles. The first-order chi connectivity index (χ1) is 5.97. The summed E-state index contributed by atoms with van der Waals surface area (Å²) in [7, 11) is 0. The Kier molecular flexibility index (Phi) is 1.88. The Labute approximate surface area is 83.1 Å². The van der Waals surface area contributed by atoms with E-state index in [1.807, 2.05) is 0 Å². The van der Waals surface area contributed by atoms with Gasteiger partial charge in [0.15, 0.2) is 10.7 Å². The zero-order valence-corrected chi connectivity index (χ0v) is 8.37. The van der Waals surface area contributed by atoms with E-state index in [-0.39, 0.29) is 0 Å². The molecule has 70 valence electrons. The number of nitrogens with zero attached hydrogens (tertiary/aromatic N) is 2. The van der Waals surface area contributed by atoms with Gasteiger partial charge in [0.25, 0.3) is 0 Å². The molecule has 0 atom stereocenters. The SMILES string of the molecule is FC(F)(F)c1cn2cc(Br)sc2n1. The molecule has 0 unspecified atom stereocenters. The molecule has 7 heteroatoms. The first kappa shape index (κ1) is 9.01. The minimum Gasteiger partial charge on any atom is -0.296 e. The molecule has 13 heavy (non-hydrogen) atoms. The average molecular weight is 271 g/mol. The molecule has 0 bridgehead atoms. The van der Waals surface area contributed by atoms with Crippen LogP contribution in [0, 0.1) is 0 Å². The summed E-state index contributed by atoms with van der Waals surface area (Å²) in [5.74, 6) is 0. The third kappa shape index (κ3) is 1.58. The molecule has 0 aromatic carbocycles. The molecule has 0 N–H and O–H groups in total. The van der Waals surface area contributed by atoms with E-state index < -0.39 is 11.9 Å². The van der Waals surface area contributed by atoms with Crippen molar-refractivity contribution in [3.05, 3.63) is 21.9 Å². The third-order valence-corrected chi connectivity index (χ3v) is 2.89. The number of hydrogen-bond acceptors (Lipinski definition) is 2. The van der Waals surface area contributed by atoms with Crippen molar-refractivity contribution < 1.29 is 13.2 Å². The van der Waals surface area contributed by atoms with Crippen LogP contribution in [0.3, 0.4) is 0 Å². The van der Waals surface area contributed by atoms with Crippen molar-refractivity contribution in [2.75, 3.05) is 0 Å². The highest BCUT2D eigenvalue weighted by Gasteiger charge is 2.34. The fourth-order valence-electron chi connectivity index (χ4n) is 0.904. The van der Waals surface area contributed by atoms with Crippen LogP contribution in [-0.4, -0.2) is 9.38 Å². The Hall–Kier alpha value is -0.560.